The lowest BCUT2D eigenvalue weighted by Gasteiger charge is -2.34. The molecule has 1 N–H and O–H groups in total. The summed E-state index contributed by atoms with van der Waals surface area (Å²) in [5.74, 6) is 1.15. The van der Waals surface area contributed by atoms with E-state index >= 15 is 0 Å². The van der Waals surface area contributed by atoms with Crippen LogP contribution in [0.5, 0.6) is 0 Å². The molecule has 0 radical (unpaired) electrons. The van der Waals surface area contributed by atoms with Gasteiger partial charge in [0.05, 0.1) is 0 Å². The smallest absolute Gasteiger partial charge is 0.222 e. The molecule has 2 saturated heterocycles. The minimum Gasteiger partial charge on any atom is -0.339 e. The highest BCUT2D eigenvalue weighted by Gasteiger charge is 2.34. The van der Waals surface area contributed by atoms with Crippen LogP contribution in [0.4, 0.5) is 0 Å². The Kier molecular flexibility index (Phi) is 4.22. The van der Waals surface area contributed by atoms with E-state index in [2.05, 4.69) is 17.1 Å². The number of rotatable bonds is 3. The maximum absolute atomic E-state index is 12.0. The maximum Gasteiger partial charge on any atom is 0.222 e. The number of hydrogen-bond donors (Lipinski definition) is 1. The molecule has 0 aliphatic carbocycles. The molecule has 0 spiro atoms. The van der Waals surface area contributed by atoms with Crippen LogP contribution in [0, 0.1) is 5.92 Å². The van der Waals surface area contributed by atoms with Crippen LogP contribution >= 0.6 is 0 Å². The van der Waals surface area contributed by atoms with E-state index in [4.69, 9.17) is 0 Å². The molecular formula is C13H24N2O. The van der Waals surface area contributed by atoms with Crippen LogP contribution < -0.4 is 5.32 Å². The minimum absolute atomic E-state index is 0.392. The van der Waals surface area contributed by atoms with E-state index < -0.39 is 0 Å². The number of nitrogens with one attached hydrogen (secondary N) is 1. The van der Waals surface area contributed by atoms with Gasteiger partial charge in [-0.3, -0.25) is 4.79 Å². The summed E-state index contributed by atoms with van der Waals surface area (Å²) in [7, 11) is 0. The number of carbonyl (C=O) groups excluding carboxylic acids is 1. The molecule has 3 heteroatoms. The predicted octanol–water partition coefficient (Wildman–Crippen LogP) is 1.78. The van der Waals surface area contributed by atoms with Crippen molar-refractivity contribution < 1.29 is 4.79 Å². The van der Waals surface area contributed by atoms with E-state index in [-0.39, 0.29) is 0 Å². The normalized spacial score (nSPS) is 27.3. The van der Waals surface area contributed by atoms with Crippen molar-refractivity contribution in [3.63, 3.8) is 0 Å². The number of likely N-dealkylation sites (tertiary alicyclic amines) is 1. The number of carbonyl (C=O) groups is 1. The molecule has 0 aromatic carbocycles. The van der Waals surface area contributed by atoms with Gasteiger partial charge in [0, 0.05) is 19.0 Å². The van der Waals surface area contributed by atoms with Gasteiger partial charge < -0.3 is 10.2 Å². The summed E-state index contributed by atoms with van der Waals surface area (Å²) in [6.45, 7) is 5.37. The second-order valence-electron chi connectivity index (χ2n) is 5.13. The van der Waals surface area contributed by atoms with E-state index in [0.29, 0.717) is 11.9 Å². The highest BCUT2D eigenvalue weighted by molar-refractivity contribution is 5.76. The monoisotopic (exact) mass is 224 g/mol. The molecule has 0 aromatic rings. The zero-order chi connectivity index (χ0) is 11.4. The van der Waals surface area contributed by atoms with Crippen molar-refractivity contribution in [2.45, 2.75) is 51.5 Å². The van der Waals surface area contributed by atoms with Crippen LogP contribution in [0.2, 0.25) is 0 Å². The van der Waals surface area contributed by atoms with Gasteiger partial charge in [-0.1, -0.05) is 6.92 Å². The lowest BCUT2D eigenvalue weighted by atomic mass is 9.88. The van der Waals surface area contributed by atoms with Crippen LogP contribution in [-0.2, 0) is 4.79 Å². The molecule has 2 fully saturated rings. The number of nitrogens with zero attached hydrogens (tertiary/aromatic N) is 1. The Morgan fingerprint density at radius 2 is 2.06 bits per heavy atom. The first-order valence-corrected chi connectivity index (χ1v) is 6.83. The number of hydrogen-bond acceptors (Lipinski definition) is 2. The van der Waals surface area contributed by atoms with Gasteiger partial charge in [-0.25, -0.2) is 0 Å². The predicted molar refractivity (Wildman–Crippen MR) is 65.2 cm³/mol. The van der Waals surface area contributed by atoms with Gasteiger partial charge in [0.1, 0.15) is 0 Å². The van der Waals surface area contributed by atoms with Crippen molar-refractivity contribution in [1.82, 2.24) is 10.2 Å². The highest BCUT2D eigenvalue weighted by Crippen LogP contribution is 2.29. The summed E-state index contributed by atoms with van der Waals surface area (Å²) in [6, 6.07) is 0.557. The molecular weight excluding hydrogens is 200 g/mol. The third-order valence-electron chi connectivity index (χ3n) is 4.01. The lowest BCUT2D eigenvalue weighted by Crippen LogP contribution is -2.43. The molecule has 0 aromatic heterocycles. The van der Waals surface area contributed by atoms with E-state index in [1.165, 1.54) is 25.7 Å². The molecule has 2 rings (SSSR count). The van der Waals surface area contributed by atoms with Gasteiger partial charge in [0.25, 0.3) is 0 Å². The molecule has 16 heavy (non-hydrogen) atoms. The van der Waals surface area contributed by atoms with Crippen molar-refractivity contribution >= 4 is 5.91 Å². The minimum atomic E-state index is 0.392. The average molecular weight is 224 g/mol. The van der Waals surface area contributed by atoms with Crippen molar-refractivity contribution in [3.8, 4) is 0 Å². The molecule has 2 aliphatic rings. The fourth-order valence-corrected chi connectivity index (χ4v) is 3.18. The molecule has 92 valence electrons. The largest absolute Gasteiger partial charge is 0.339 e. The Bertz CT molecular complexity index is 236. The third kappa shape index (κ3) is 2.57. The van der Waals surface area contributed by atoms with E-state index in [0.717, 1.165) is 38.4 Å². The molecule has 0 saturated carbocycles. The molecule has 2 heterocycles. The SMILES string of the molecule is CCCC(=O)N1CCCC1C1CCNCC1. The summed E-state index contributed by atoms with van der Waals surface area (Å²) in [5.41, 5.74) is 0. The Hall–Kier alpha value is -0.570. The molecule has 3 nitrogen and oxygen atoms in total. The van der Waals surface area contributed by atoms with E-state index in [1.807, 2.05) is 0 Å². The van der Waals surface area contributed by atoms with Crippen molar-refractivity contribution in [1.29, 1.82) is 0 Å². The molecule has 1 atom stereocenters. The van der Waals surface area contributed by atoms with Gasteiger partial charge in [-0.15, -0.1) is 0 Å². The first-order valence-electron chi connectivity index (χ1n) is 6.83. The van der Waals surface area contributed by atoms with E-state index in [1.54, 1.807) is 0 Å². The zero-order valence-corrected chi connectivity index (χ0v) is 10.4. The van der Waals surface area contributed by atoms with Crippen LogP contribution in [-0.4, -0.2) is 36.5 Å². The summed E-state index contributed by atoms with van der Waals surface area (Å²) in [4.78, 5) is 14.2. The number of amides is 1. The van der Waals surface area contributed by atoms with Crippen molar-refractivity contribution in [3.05, 3.63) is 0 Å². The Labute approximate surface area is 98.6 Å². The van der Waals surface area contributed by atoms with Crippen molar-refractivity contribution in [2.75, 3.05) is 19.6 Å². The quantitative estimate of drug-likeness (QED) is 0.792. The van der Waals surface area contributed by atoms with Gasteiger partial charge >= 0.3 is 0 Å². The fourth-order valence-electron chi connectivity index (χ4n) is 3.18. The summed E-state index contributed by atoms with van der Waals surface area (Å²) in [6.07, 6.45) is 6.67. The van der Waals surface area contributed by atoms with Gasteiger partial charge in [-0.2, -0.15) is 0 Å². The Morgan fingerprint density at radius 1 is 1.31 bits per heavy atom. The molecule has 2 aliphatic heterocycles. The topological polar surface area (TPSA) is 32.3 Å². The average Bonchev–Trinajstić information content (AvgIpc) is 2.79. The fraction of sp³-hybridized carbons (Fsp3) is 0.923. The van der Waals surface area contributed by atoms with Crippen molar-refractivity contribution in [2.24, 2.45) is 5.92 Å². The first kappa shape index (κ1) is 11.9. The molecule has 1 unspecified atom stereocenters. The third-order valence-corrected chi connectivity index (χ3v) is 4.01. The highest BCUT2D eigenvalue weighted by atomic mass is 16.2. The van der Waals surface area contributed by atoms with Crippen LogP contribution in [0.25, 0.3) is 0 Å². The van der Waals surface area contributed by atoms with E-state index in [9.17, 15) is 4.79 Å². The van der Waals surface area contributed by atoms with Gasteiger partial charge in [0.2, 0.25) is 5.91 Å². The van der Waals surface area contributed by atoms with Crippen LogP contribution in [0.15, 0.2) is 0 Å². The second kappa shape index (κ2) is 5.67. The number of piperidine rings is 1. The summed E-state index contributed by atoms with van der Waals surface area (Å²) < 4.78 is 0. The standard InChI is InChI=1S/C13H24N2O/c1-2-4-13(16)15-10-3-5-12(15)11-6-8-14-9-7-11/h11-12,14H,2-10H2,1H3. The maximum atomic E-state index is 12.0. The summed E-state index contributed by atoms with van der Waals surface area (Å²) >= 11 is 0. The summed E-state index contributed by atoms with van der Waals surface area (Å²) in [5, 5.41) is 3.40. The van der Waals surface area contributed by atoms with Crippen LogP contribution in [0.3, 0.4) is 0 Å². The van der Waals surface area contributed by atoms with Crippen LogP contribution in [0.1, 0.15) is 45.4 Å². The zero-order valence-electron chi connectivity index (χ0n) is 10.4. The first-order chi connectivity index (χ1) is 7.83. The molecule has 1 amide bonds. The Balaban J connectivity index is 1.93. The second-order valence-corrected chi connectivity index (χ2v) is 5.13. The molecule has 0 bridgehead atoms. The lowest BCUT2D eigenvalue weighted by molar-refractivity contribution is -0.133. The Morgan fingerprint density at radius 3 is 2.75 bits per heavy atom. The van der Waals surface area contributed by atoms with Gasteiger partial charge in [0.15, 0.2) is 0 Å². The van der Waals surface area contributed by atoms with Gasteiger partial charge in [-0.05, 0) is 51.1 Å².